The molecular formula is C11H15NO5. The number of nitrogens with one attached hydrogen (secondary N) is 1. The van der Waals surface area contributed by atoms with Crippen molar-refractivity contribution in [3.63, 3.8) is 0 Å². The highest BCUT2D eigenvalue weighted by Crippen LogP contribution is 2.13. The maximum Gasteiger partial charge on any atom is 0.332 e. The molecule has 0 aromatic carbocycles. The first kappa shape index (κ1) is 13.2. The number of hydrogen-bond donors (Lipinski definition) is 3. The van der Waals surface area contributed by atoms with Gasteiger partial charge in [0.15, 0.2) is 6.10 Å². The SMILES string of the molecule is Cc1cc(C(=O)NCCC(O)C(=O)O)c(C)o1. The fourth-order valence-electron chi connectivity index (χ4n) is 1.40. The topological polar surface area (TPSA) is 99.8 Å². The predicted octanol–water partition coefficient (Wildman–Crippen LogP) is 0.462. The van der Waals surface area contributed by atoms with E-state index in [2.05, 4.69) is 5.32 Å². The third-order valence-corrected chi connectivity index (χ3v) is 2.27. The van der Waals surface area contributed by atoms with E-state index in [1.807, 2.05) is 0 Å². The molecule has 94 valence electrons. The van der Waals surface area contributed by atoms with Crippen LogP contribution in [0.5, 0.6) is 0 Å². The quantitative estimate of drug-likeness (QED) is 0.695. The molecule has 0 aliphatic heterocycles. The Morgan fingerprint density at radius 1 is 1.47 bits per heavy atom. The van der Waals surface area contributed by atoms with Crippen LogP contribution in [0.15, 0.2) is 10.5 Å². The molecule has 1 atom stereocenters. The van der Waals surface area contributed by atoms with Crippen molar-refractivity contribution in [3.05, 3.63) is 23.2 Å². The van der Waals surface area contributed by atoms with Crippen molar-refractivity contribution in [2.75, 3.05) is 6.54 Å². The number of carboxylic acid groups (broad SMARTS) is 1. The van der Waals surface area contributed by atoms with Crippen LogP contribution in [0.4, 0.5) is 0 Å². The van der Waals surface area contributed by atoms with Crippen LogP contribution in [0.3, 0.4) is 0 Å². The van der Waals surface area contributed by atoms with Gasteiger partial charge in [0.1, 0.15) is 11.5 Å². The highest BCUT2D eigenvalue weighted by molar-refractivity contribution is 5.95. The van der Waals surface area contributed by atoms with Crippen molar-refractivity contribution in [2.24, 2.45) is 0 Å². The fraction of sp³-hybridized carbons (Fsp3) is 0.455. The summed E-state index contributed by atoms with van der Waals surface area (Å²) in [4.78, 5) is 22.0. The van der Waals surface area contributed by atoms with Crippen molar-refractivity contribution < 1.29 is 24.2 Å². The first-order chi connectivity index (χ1) is 7.91. The summed E-state index contributed by atoms with van der Waals surface area (Å²) in [5, 5.41) is 19.9. The highest BCUT2D eigenvalue weighted by atomic mass is 16.4. The number of rotatable bonds is 5. The number of carbonyl (C=O) groups excluding carboxylic acids is 1. The maximum atomic E-state index is 11.6. The van der Waals surface area contributed by atoms with Crippen molar-refractivity contribution in [1.82, 2.24) is 5.32 Å². The molecular weight excluding hydrogens is 226 g/mol. The smallest absolute Gasteiger partial charge is 0.332 e. The van der Waals surface area contributed by atoms with E-state index in [4.69, 9.17) is 14.6 Å². The lowest BCUT2D eigenvalue weighted by Crippen LogP contribution is -2.30. The summed E-state index contributed by atoms with van der Waals surface area (Å²) in [5.74, 6) is -0.483. The minimum absolute atomic E-state index is 0.0308. The van der Waals surface area contributed by atoms with E-state index in [1.54, 1.807) is 19.9 Å². The Bertz CT molecular complexity index is 423. The molecule has 0 spiro atoms. The molecule has 0 aliphatic carbocycles. The third-order valence-electron chi connectivity index (χ3n) is 2.27. The van der Waals surface area contributed by atoms with Gasteiger partial charge in [0.2, 0.25) is 0 Å². The molecule has 0 saturated heterocycles. The van der Waals surface area contributed by atoms with E-state index in [0.717, 1.165) is 0 Å². The molecule has 1 rings (SSSR count). The van der Waals surface area contributed by atoms with Gasteiger partial charge < -0.3 is 19.9 Å². The second-order valence-corrected chi connectivity index (χ2v) is 3.73. The zero-order chi connectivity index (χ0) is 13.0. The second kappa shape index (κ2) is 5.49. The zero-order valence-corrected chi connectivity index (χ0v) is 9.69. The Morgan fingerprint density at radius 3 is 2.59 bits per heavy atom. The van der Waals surface area contributed by atoms with Crippen molar-refractivity contribution in [1.29, 1.82) is 0 Å². The Kier molecular flexibility index (Phi) is 4.28. The van der Waals surface area contributed by atoms with Gasteiger partial charge in [0.25, 0.3) is 5.91 Å². The van der Waals surface area contributed by atoms with Gasteiger partial charge in [-0.25, -0.2) is 4.79 Å². The summed E-state index contributed by atoms with van der Waals surface area (Å²) in [5.41, 5.74) is 0.423. The second-order valence-electron chi connectivity index (χ2n) is 3.73. The molecule has 6 nitrogen and oxygen atoms in total. The van der Waals surface area contributed by atoms with E-state index in [0.29, 0.717) is 17.1 Å². The lowest BCUT2D eigenvalue weighted by atomic mass is 10.2. The fourth-order valence-corrected chi connectivity index (χ4v) is 1.40. The molecule has 1 heterocycles. The third kappa shape index (κ3) is 3.60. The number of hydrogen-bond acceptors (Lipinski definition) is 4. The minimum Gasteiger partial charge on any atom is -0.479 e. The summed E-state index contributed by atoms with van der Waals surface area (Å²) in [6, 6.07) is 1.61. The average molecular weight is 241 g/mol. The molecule has 1 amide bonds. The van der Waals surface area contributed by atoms with Crippen LogP contribution in [0.2, 0.25) is 0 Å². The number of amides is 1. The Labute approximate surface area is 98.2 Å². The van der Waals surface area contributed by atoms with Crippen LogP contribution >= 0.6 is 0 Å². The Balaban J connectivity index is 2.45. The van der Waals surface area contributed by atoms with E-state index < -0.39 is 12.1 Å². The standard InChI is InChI=1S/C11H15NO5/c1-6-5-8(7(2)17-6)10(14)12-4-3-9(13)11(15)16/h5,9,13H,3-4H2,1-2H3,(H,12,14)(H,15,16). The van der Waals surface area contributed by atoms with Gasteiger partial charge >= 0.3 is 5.97 Å². The highest BCUT2D eigenvalue weighted by Gasteiger charge is 2.15. The van der Waals surface area contributed by atoms with Crippen molar-refractivity contribution in [2.45, 2.75) is 26.4 Å². The summed E-state index contributed by atoms with van der Waals surface area (Å²) in [6.07, 6.45) is -1.49. The summed E-state index contributed by atoms with van der Waals surface area (Å²) < 4.78 is 5.20. The van der Waals surface area contributed by atoms with Crippen LogP contribution in [0.1, 0.15) is 28.3 Å². The van der Waals surface area contributed by atoms with Crippen LogP contribution in [0.25, 0.3) is 0 Å². The largest absolute Gasteiger partial charge is 0.479 e. The molecule has 0 aliphatic rings. The van der Waals surface area contributed by atoms with E-state index in [1.165, 1.54) is 0 Å². The predicted molar refractivity (Wildman–Crippen MR) is 58.8 cm³/mol. The number of aliphatic carboxylic acids is 1. The molecule has 1 unspecified atom stereocenters. The first-order valence-corrected chi connectivity index (χ1v) is 5.18. The number of aliphatic hydroxyl groups excluding tert-OH is 1. The van der Waals surface area contributed by atoms with Gasteiger partial charge in [0.05, 0.1) is 5.56 Å². The molecule has 3 N–H and O–H groups in total. The summed E-state index contributed by atoms with van der Waals surface area (Å²) in [7, 11) is 0. The molecule has 17 heavy (non-hydrogen) atoms. The van der Waals surface area contributed by atoms with Gasteiger partial charge in [-0.15, -0.1) is 0 Å². The molecule has 1 aromatic rings. The van der Waals surface area contributed by atoms with E-state index in [9.17, 15) is 9.59 Å². The lowest BCUT2D eigenvalue weighted by Gasteiger charge is -2.06. The van der Waals surface area contributed by atoms with Gasteiger partial charge in [-0.1, -0.05) is 0 Å². The lowest BCUT2D eigenvalue weighted by molar-refractivity contribution is -0.146. The van der Waals surface area contributed by atoms with Gasteiger partial charge in [-0.05, 0) is 19.9 Å². The number of carbonyl (C=O) groups is 2. The van der Waals surface area contributed by atoms with Crippen LogP contribution in [-0.2, 0) is 4.79 Å². The zero-order valence-electron chi connectivity index (χ0n) is 9.69. The number of furan rings is 1. The Hall–Kier alpha value is -1.82. The van der Waals surface area contributed by atoms with Gasteiger partial charge in [-0.2, -0.15) is 0 Å². The van der Waals surface area contributed by atoms with Crippen molar-refractivity contribution >= 4 is 11.9 Å². The number of aliphatic hydroxyl groups is 1. The van der Waals surface area contributed by atoms with Crippen LogP contribution in [0, 0.1) is 13.8 Å². The molecule has 0 bridgehead atoms. The summed E-state index contributed by atoms with van der Waals surface area (Å²) >= 11 is 0. The molecule has 0 fully saturated rings. The van der Waals surface area contributed by atoms with Gasteiger partial charge in [-0.3, -0.25) is 4.79 Å². The molecule has 0 saturated carbocycles. The van der Waals surface area contributed by atoms with E-state index in [-0.39, 0.29) is 18.9 Å². The molecule has 6 heteroatoms. The number of carboxylic acids is 1. The molecule has 1 aromatic heterocycles. The van der Waals surface area contributed by atoms with Crippen molar-refractivity contribution in [3.8, 4) is 0 Å². The minimum atomic E-state index is -1.46. The summed E-state index contributed by atoms with van der Waals surface area (Å²) in [6.45, 7) is 3.50. The van der Waals surface area contributed by atoms with Gasteiger partial charge in [0, 0.05) is 13.0 Å². The van der Waals surface area contributed by atoms with Crippen LogP contribution < -0.4 is 5.32 Å². The Morgan fingerprint density at radius 2 is 2.12 bits per heavy atom. The monoisotopic (exact) mass is 241 g/mol. The normalized spacial score (nSPS) is 12.2. The van der Waals surface area contributed by atoms with E-state index >= 15 is 0 Å². The average Bonchev–Trinajstić information content (AvgIpc) is 2.57. The number of aryl methyl sites for hydroxylation is 2. The maximum absolute atomic E-state index is 11.6. The van der Waals surface area contributed by atoms with Crippen LogP contribution in [-0.4, -0.2) is 34.7 Å². The molecule has 0 radical (unpaired) electrons. The first-order valence-electron chi connectivity index (χ1n) is 5.18.